The third-order valence-electron chi connectivity index (χ3n) is 4.03. The quantitative estimate of drug-likeness (QED) is 0.609. The van der Waals surface area contributed by atoms with E-state index in [0.717, 1.165) is 17.0 Å². The van der Waals surface area contributed by atoms with Crippen LogP contribution in [-0.4, -0.2) is 22.9 Å². The number of Topliss-reactive ketones (excluding diaryl/α,β-unsaturated/α-hetero) is 1. The number of methoxy groups -OCH3 is 1. The highest BCUT2D eigenvalue weighted by Gasteiger charge is 2.06. The summed E-state index contributed by atoms with van der Waals surface area (Å²) < 4.78 is 5.38. The molecule has 27 heavy (non-hydrogen) atoms. The summed E-state index contributed by atoms with van der Waals surface area (Å²) in [6.45, 7) is 3.97. The van der Waals surface area contributed by atoms with Crippen molar-refractivity contribution in [3.05, 3.63) is 71.5 Å². The maximum atomic E-state index is 11.6. The zero-order chi connectivity index (χ0) is 19.2. The fourth-order valence-electron chi connectivity index (χ4n) is 2.72. The predicted octanol–water partition coefficient (Wildman–Crippen LogP) is 4.35. The molecule has 2 aromatic carbocycles. The van der Waals surface area contributed by atoms with Crippen LogP contribution in [0.3, 0.4) is 0 Å². The monoisotopic (exact) mass is 362 g/mol. The van der Waals surface area contributed by atoms with Crippen LogP contribution >= 0.6 is 0 Å². The average molecular weight is 362 g/mol. The fourth-order valence-corrected chi connectivity index (χ4v) is 2.72. The van der Waals surface area contributed by atoms with Crippen molar-refractivity contribution in [2.75, 3.05) is 17.7 Å². The second kappa shape index (κ2) is 8.31. The van der Waals surface area contributed by atoms with Gasteiger partial charge in [0.05, 0.1) is 7.11 Å². The van der Waals surface area contributed by atoms with Gasteiger partial charge >= 0.3 is 0 Å². The minimum absolute atomic E-state index is 0.0247. The highest BCUT2D eigenvalue weighted by Crippen LogP contribution is 2.21. The number of carbonyl (C=O) groups excluding carboxylic acids is 1. The van der Waals surface area contributed by atoms with Gasteiger partial charge in [0, 0.05) is 29.4 Å². The maximum absolute atomic E-state index is 11.6. The molecule has 0 saturated heterocycles. The van der Waals surface area contributed by atoms with E-state index in [9.17, 15) is 4.79 Å². The van der Waals surface area contributed by atoms with Crippen LogP contribution in [0.4, 0.5) is 17.3 Å². The molecule has 6 heteroatoms. The molecule has 0 spiro atoms. The van der Waals surface area contributed by atoms with Crippen molar-refractivity contribution in [3.8, 4) is 5.75 Å². The van der Waals surface area contributed by atoms with Crippen LogP contribution in [0.15, 0.2) is 54.6 Å². The van der Waals surface area contributed by atoms with Crippen LogP contribution in [0.25, 0.3) is 0 Å². The zero-order valence-corrected chi connectivity index (χ0v) is 15.6. The Morgan fingerprint density at radius 3 is 2.59 bits per heavy atom. The van der Waals surface area contributed by atoms with Gasteiger partial charge in [0.15, 0.2) is 5.78 Å². The van der Waals surface area contributed by atoms with Gasteiger partial charge in [-0.1, -0.05) is 30.3 Å². The molecule has 0 amide bonds. The van der Waals surface area contributed by atoms with Crippen molar-refractivity contribution in [1.29, 1.82) is 0 Å². The fraction of sp³-hybridized carbons (Fsp3) is 0.190. The summed E-state index contributed by atoms with van der Waals surface area (Å²) in [4.78, 5) is 20.4. The Hall–Kier alpha value is -3.41. The van der Waals surface area contributed by atoms with E-state index in [0.29, 0.717) is 29.6 Å². The number of aryl methyl sites for hydroxylation is 1. The minimum Gasteiger partial charge on any atom is -0.496 e. The van der Waals surface area contributed by atoms with E-state index in [4.69, 9.17) is 4.74 Å². The topological polar surface area (TPSA) is 76.1 Å². The Morgan fingerprint density at radius 2 is 1.81 bits per heavy atom. The van der Waals surface area contributed by atoms with Crippen LogP contribution in [0, 0.1) is 6.92 Å². The molecule has 1 aromatic heterocycles. The first-order chi connectivity index (χ1) is 13.0. The Labute approximate surface area is 158 Å². The molecule has 2 N–H and O–H groups in total. The zero-order valence-electron chi connectivity index (χ0n) is 15.6. The third kappa shape index (κ3) is 4.82. The number of para-hydroxylation sites is 1. The van der Waals surface area contributed by atoms with Crippen molar-refractivity contribution in [2.24, 2.45) is 0 Å². The molecule has 0 radical (unpaired) electrons. The molecule has 0 fully saturated rings. The van der Waals surface area contributed by atoms with Crippen molar-refractivity contribution >= 4 is 23.1 Å². The number of carbonyl (C=O) groups is 1. The van der Waals surface area contributed by atoms with Crippen LogP contribution in [0.1, 0.15) is 28.7 Å². The Balaban J connectivity index is 1.76. The summed E-state index contributed by atoms with van der Waals surface area (Å²) in [5.41, 5.74) is 2.50. The van der Waals surface area contributed by atoms with E-state index in [1.54, 1.807) is 20.1 Å². The van der Waals surface area contributed by atoms with Crippen molar-refractivity contribution < 1.29 is 9.53 Å². The van der Waals surface area contributed by atoms with Crippen molar-refractivity contribution in [3.63, 3.8) is 0 Å². The van der Waals surface area contributed by atoms with E-state index in [1.165, 1.54) is 0 Å². The van der Waals surface area contributed by atoms with Gasteiger partial charge in [0.25, 0.3) is 0 Å². The predicted molar refractivity (Wildman–Crippen MR) is 107 cm³/mol. The number of nitrogens with one attached hydrogen (secondary N) is 2. The first-order valence-electron chi connectivity index (χ1n) is 8.64. The number of ether oxygens (including phenoxy) is 1. The van der Waals surface area contributed by atoms with Crippen LogP contribution in [-0.2, 0) is 6.54 Å². The largest absolute Gasteiger partial charge is 0.496 e. The Morgan fingerprint density at radius 1 is 1.04 bits per heavy atom. The molecule has 138 valence electrons. The molecular formula is C21H22N4O2. The molecule has 3 rings (SSSR count). The normalized spacial score (nSPS) is 10.3. The number of hydrogen-bond donors (Lipinski definition) is 2. The number of hydrogen-bond acceptors (Lipinski definition) is 6. The SMILES string of the molecule is COc1ccccc1CNc1cc(Nc2cccc(C(C)=O)c2)nc(C)n1. The lowest BCUT2D eigenvalue weighted by Gasteiger charge is -2.12. The second-order valence-electron chi connectivity index (χ2n) is 6.11. The standard InChI is InChI=1S/C21H22N4O2/c1-14(26)16-8-6-9-18(11-16)25-21-12-20(23-15(2)24-21)22-13-17-7-4-5-10-19(17)27-3/h4-12H,13H2,1-3H3,(H2,22,23,24,25). The van der Waals surface area contributed by atoms with Crippen molar-refractivity contribution in [1.82, 2.24) is 9.97 Å². The Kier molecular flexibility index (Phi) is 5.66. The number of anilines is 3. The van der Waals surface area contributed by atoms with Gasteiger partial charge < -0.3 is 15.4 Å². The Bertz CT molecular complexity index is 956. The number of ketones is 1. The van der Waals surface area contributed by atoms with Gasteiger partial charge in [-0.05, 0) is 32.0 Å². The smallest absolute Gasteiger partial charge is 0.159 e. The van der Waals surface area contributed by atoms with Crippen molar-refractivity contribution in [2.45, 2.75) is 20.4 Å². The molecule has 0 aliphatic carbocycles. The van der Waals surface area contributed by atoms with Gasteiger partial charge in [-0.25, -0.2) is 9.97 Å². The van der Waals surface area contributed by atoms with Crippen LogP contribution < -0.4 is 15.4 Å². The van der Waals surface area contributed by atoms with Gasteiger partial charge in [-0.2, -0.15) is 0 Å². The number of benzene rings is 2. The molecule has 0 unspecified atom stereocenters. The molecule has 0 aliphatic heterocycles. The van der Waals surface area contributed by atoms with Gasteiger partial charge in [0.2, 0.25) is 0 Å². The molecule has 0 bridgehead atoms. The molecule has 6 nitrogen and oxygen atoms in total. The molecule has 3 aromatic rings. The van der Waals surface area contributed by atoms with Crippen LogP contribution in [0.2, 0.25) is 0 Å². The lowest BCUT2D eigenvalue weighted by molar-refractivity contribution is 0.101. The maximum Gasteiger partial charge on any atom is 0.159 e. The molecule has 0 saturated carbocycles. The summed E-state index contributed by atoms with van der Waals surface area (Å²) in [5, 5.41) is 6.54. The van der Waals surface area contributed by atoms with Gasteiger partial charge in [-0.15, -0.1) is 0 Å². The third-order valence-corrected chi connectivity index (χ3v) is 4.03. The summed E-state index contributed by atoms with van der Waals surface area (Å²) in [5.74, 6) is 2.86. The molecular weight excluding hydrogens is 340 g/mol. The molecule has 1 heterocycles. The lowest BCUT2D eigenvalue weighted by atomic mass is 10.1. The summed E-state index contributed by atoms with van der Waals surface area (Å²) in [6, 6.07) is 17.0. The highest BCUT2D eigenvalue weighted by atomic mass is 16.5. The number of rotatable bonds is 7. The number of aromatic nitrogens is 2. The lowest BCUT2D eigenvalue weighted by Crippen LogP contribution is -2.06. The average Bonchev–Trinajstić information content (AvgIpc) is 2.66. The van der Waals surface area contributed by atoms with E-state index < -0.39 is 0 Å². The molecule has 0 aliphatic rings. The van der Waals surface area contributed by atoms with Gasteiger partial charge in [-0.3, -0.25) is 4.79 Å². The summed E-state index contributed by atoms with van der Waals surface area (Å²) in [6.07, 6.45) is 0. The van der Waals surface area contributed by atoms with E-state index >= 15 is 0 Å². The second-order valence-corrected chi connectivity index (χ2v) is 6.11. The van der Waals surface area contributed by atoms with Crippen LogP contribution in [0.5, 0.6) is 5.75 Å². The first kappa shape index (κ1) is 18.4. The highest BCUT2D eigenvalue weighted by molar-refractivity contribution is 5.95. The van der Waals surface area contributed by atoms with E-state index in [1.807, 2.05) is 55.5 Å². The summed E-state index contributed by atoms with van der Waals surface area (Å²) >= 11 is 0. The van der Waals surface area contributed by atoms with E-state index in [-0.39, 0.29) is 5.78 Å². The number of nitrogens with zero attached hydrogens (tertiary/aromatic N) is 2. The minimum atomic E-state index is 0.0247. The molecule has 0 atom stereocenters. The van der Waals surface area contributed by atoms with E-state index in [2.05, 4.69) is 20.6 Å². The van der Waals surface area contributed by atoms with Gasteiger partial charge in [0.1, 0.15) is 23.2 Å². The first-order valence-corrected chi connectivity index (χ1v) is 8.64. The summed E-state index contributed by atoms with van der Waals surface area (Å²) in [7, 11) is 1.66.